The van der Waals surface area contributed by atoms with E-state index >= 15 is 0 Å². The van der Waals surface area contributed by atoms with E-state index in [1.807, 2.05) is 0 Å². The van der Waals surface area contributed by atoms with Gasteiger partial charge in [-0.15, -0.1) is 11.8 Å². The van der Waals surface area contributed by atoms with E-state index in [4.69, 9.17) is 5.11 Å². The molecule has 2 N–H and O–H groups in total. The number of carbonyl (C=O) groups excluding carboxylic acids is 1. The van der Waals surface area contributed by atoms with Crippen LogP contribution in [0.2, 0.25) is 0 Å². The quantitative estimate of drug-likeness (QED) is 0.867. The highest BCUT2D eigenvalue weighted by molar-refractivity contribution is 8.00. The molecule has 0 saturated carbocycles. The fraction of sp³-hybridized carbons (Fsp3) is 0.417. The van der Waals surface area contributed by atoms with Crippen molar-refractivity contribution in [3.8, 4) is 0 Å². The summed E-state index contributed by atoms with van der Waals surface area (Å²) in [4.78, 5) is 26.9. The van der Waals surface area contributed by atoms with E-state index < -0.39 is 5.97 Å². The van der Waals surface area contributed by atoms with Crippen molar-refractivity contribution in [1.29, 1.82) is 0 Å². The maximum Gasteiger partial charge on any atom is 0.354 e. The number of carboxylic acid groups (broad SMARTS) is 1. The molecule has 0 spiro atoms. The van der Waals surface area contributed by atoms with Crippen LogP contribution in [0, 0.1) is 0 Å². The van der Waals surface area contributed by atoms with Crippen LogP contribution in [0.3, 0.4) is 0 Å². The van der Waals surface area contributed by atoms with Gasteiger partial charge in [-0.3, -0.25) is 4.79 Å². The maximum atomic E-state index is 11.4. The zero-order valence-corrected chi connectivity index (χ0v) is 10.6. The number of thioether (sulfide) groups is 1. The molecule has 1 aromatic rings. The SMILES string of the molecule is O=C1CC(Sc2ccnc(C(=O)O)c2)CCCN1. The minimum absolute atomic E-state index is 0.0399. The first-order valence-corrected chi connectivity index (χ1v) is 6.66. The van der Waals surface area contributed by atoms with Crippen molar-refractivity contribution in [2.45, 2.75) is 29.4 Å². The van der Waals surface area contributed by atoms with Crippen LogP contribution in [0.5, 0.6) is 0 Å². The Morgan fingerprint density at radius 1 is 1.56 bits per heavy atom. The number of amides is 1. The summed E-state index contributed by atoms with van der Waals surface area (Å²) in [6.45, 7) is 0.729. The average Bonchev–Trinajstić information content (AvgIpc) is 2.54. The van der Waals surface area contributed by atoms with Crippen molar-refractivity contribution >= 4 is 23.6 Å². The minimum Gasteiger partial charge on any atom is -0.477 e. The first-order valence-electron chi connectivity index (χ1n) is 5.78. The number of aromatic carboxylic acids is 1. The second-order valence-corrected chi connectivity index (χ2v) is 5.49. The number of hydrogen-bond acceptors (Lipinski definition) is 4. The van der Waals surface area contributed by atoms with E-state index in [-0.39, 0.29) is 16.9 Å². The number of nitrogens with one attached hydrogen (secondary N) is 1. The molecule has 96 valence electrons. The lowest BCUT2D eigenvalue weighted by Gasteiger charge is -2.12. The predicted molar refractivity (Wildman–Crippen MR) is 67.7 cm³/mol. The summed E-state index contributed by atoms with van der Waals surface area (Å²) in [5.41, 5.74) is 0.0399. The molecule has 1 aromatic heterocycles. The topological polar surface area (TPSA) is 79.3 Å². The Hall–Kier alpha value is -1.56. The molecular formula is C12H14N2O3S. The molecule has 2 heterocycles. The van der Waals surface area contributed by atoms with Gasteiger partial charge in [0.25, 0.3) is 0 Å². The van der Waals surface area contributed by atoms with Gasteiger partial charge in [-0.05, 0) is 25.0 Å². The van der Waals surface area contributed by atoms with Gasteiger partial charge in [-0.1, -0.05) is 0 Å². The van der Waals surface area contributed by atoms with Crippen LogP contribution in [0.25, 0.3) is 0 Å². The van der Waals surface area contributed by atoms with E-state index in [1.54, 1.807) is 23.9 Å². The minimum atomic E-state index is -1.03. The molecule has 0 bridgehead atoms. The van der Waals surface area contributed by atoms with Crippen LogP contribution in [-0.2, 0) is 4.79 Å². The van der Waals surface area contributed by atoms with Crippen LogP contribution in [0.15, 0.2) is 23.2 Å². The summed E-state index contributed by atoms with van der Waals surface area (Å²) < 4.78 is 0. The van der Waals surface area contributed by atoms with Crippen molar-refractivity contribution in [3.63, 3.8) is 0 Å². The van der Waals surface area contributed by atoms with Gasteiger partial charge < -0.3 is 10.4 Å². The number of nitrogens with zero attached hydrogens (tertiary/aromatic N) is 1. The van der Waals surface area contributed by atoms with Gasteiger partial charge in [0.05, 0.1) is 0 Å². The molecule has 1 amide bonds. The van der Waals surface area contributed by atoms with Gasteiger partial charge in [-0.2, -0.15) is 0 Å². The number of aromatic nitrogens is 1. The van der Waals surface area contributed by atoms with E-state index in [1.165, 1.54) is 6.20 Å². The molecule has 1 unspecified atom stereocenters. The van der Waals surface area contributed by atoms with Crippen LogP contribution in [0.4, 0.5) is 0 Å². The zero-order valence-electron chi connectivity index (χ0n) is 9.76. The Morgan fingerprint density at radius 2 is 2.39 bits per heavy atom. The molecule has 6 heteroatoms. The average molecular weight is 266 g/mol. The molecule has 1 fully saturated rings. The second kappa shape index (κ2) is 5.86. The Bertz CT molecular complexity index is 464. The Kier molecular flexibility index (Phi) is 4.19. The van der Waals surface area contributed by atoms with Crippen molar-refractivity contribution in [1.82, 2.24) is 10.3 Å². The van der Waals surface area contributed by atoms with E-state index in [9.17, 15) is 9.59 Å². The van der Waals surface area contributed by atoms with Gasteiger partial charge in [0.1, 0.15) is 5.69 Å². The summed E-state index contributed by atoms with van der Waals surface area (Å²) in [6, 6.07) is 3.33. The van der Waals surface area contributed by atoms with Gasteiger partial charge in [0.2, 0.25) is 5.91 Å². The van der Waals surface area contributed by atoms with Crippen molar-refractivity contribution in [2.24, 2.45) is 0 Å². The number of carboxylic acids is 1. The van der Waals surface area contributed by atoms with E-state index in [0.29, 0.717) is 6.42 Å². The number of hydrogen-bond donors (Lipinski definition) is 2. The Balaban J connectivity index is 2.05. The molecule has 1 aliphatic rings. The molecule has 1 aliphatic heterocycles. The normalized spacial score (nSPS) is 20.0. The summed E-state index contributed by atoms with van der Waals surface area (Å²) in [7, 11) is 0. The van der Waals surface area contributed by atoms with Crippen molar-refractivity contribution < 1.29 is 14.7 Å². The molecule has 1 atom stereocenters. The first kappa shape index (κ1) is 12.9. The third-order valence-electron chi connectivity index (χ3n) is 2.69. The maximum absolute atomic E-state index is 11.4. The largest absolute Gasteiger partial charge is 0.477 e. The number of rotatable bonds is 3. The fourth-order valence-electron chi connectivity index (χ4n) is 1.83. The Labute approximate surface area is 109 Å². The van der Waals surface area contributed by atoms with E-state index in [2.05, 4.69) is 10.3 Å². The standard InChI is InChI=1S/C12H14N2O3S/c15-11-7-8(2-1-4-14-11)18-9-3-5-13-10(6-9)12(16)17/h3,5-6,8H,1-2,4,7H2,(H,14,15)(H,16,17). The number of pyridine rings is 1. The van der Waals surface area contributed by atoms with Crippen molar-refractivity contribution in [2.75, 3.05) is 6.54 Å². The Morgan fingerprint density at radius 3 is 3.17 bits per heavy atom. The molecule has 0 radical (unpaired) electrons. The summed E-state index contributed by atoms with van der Waals surface area (Å²) in [6.07, 6.45) is 3.88. The third-order valence-corrected chi connectivity index (χ3v) is 3.95. The van der Waals surface area contributed by atoms with E-state index in [0.717, 1.165) is 24.3 Å². The highest BCUT2D eigenvalue weighted by Gasteiger charge is 2.18. The first-order chi connectivity index (χ1) is 8.65. The van der Waals surface area contributed by atoms with Crippen LogP contribution in [-0.4, -0.2) is 33.8 Å². The monoisotopic (exact) mass is 266 g/mol. The molecular weight excluding hydrogens is 252 g/mol. The highest BCUT2D eigenvalue weighted by Crippen LogP contribution is 2.29. The second-order valence-electron chi connectivity index (χ2n) is 4.12. The van der Waals surface area contributed by atoms with Crippen LogP contribution in [0.1, 0.15) is 29.8 Å². The molecule has 5 nitrogen and oxygen atoms in total. The predicted octanol–water partition coefficient (Wildman–Crippen LogP) is 1.54. The van der Waals surface area contributed by atoms with Crippen molar-refractivity contribution in [3.05, 3.63) is 24.0 Å². The fourth-order valence-corrected chi connectivity index (χ4v) is 3.06. The smallest absolute Gasteiger partial charge is 0.354 e. The lowest BCUT2D eigenvalue weighted by atomic mass is 10.2. The third kappa shape index (κ3) is 3.46. The van der Waals surface area contributed by atoms with Gasteiger partial charge in [-0.25, -0.2) is 9.78 Å². The molecule has 18 heavy (non-hydrogen) atoms. The molecule has 2 rings (SSSR count). The summed E-state index contributed by atoms with van der Waals surface area (Å²) in [5, 5.41) is 11.9. The lowest BCUT2D eigenvalue weighted by Crippen LogP contribution is -2.22. The summed E-state index contributed by atoms with van der Waals surface area (Å²) >= 11 is 1.55. The van der Waals surface area contributed by atoms with Crippen LogP contribution >= 0.6 is 11.8 Å². The summed E-state index contributed by atoms with van der Waals surface area (Å²) in [5.74, 6) is -0.964. The zero-order chi connectivity index (χ0) is 13.0. The van der Waals surface area contributed by atoms with Gasteiger partial charge in [0, 0.05) is 29.3 Å². The number of carbonyl (C=O) groups is 2. The highest BCUT2D eigenvalue weighted by atomic mass is 32.2. The van der Waals surface area contributed by atoms with Gasteiger partial charge >= 0.3 is 5.97 Å². The van der Waals surface area contributed by atoms with Gasteiger partial charge in [0.15, 0.2) is 0 Å². The molecule has 0 aliphatic carbocycles. The molecule has 1 saturated heterocycles. The molecule has 0 aromatic carbocycles. The van der Waals surface area contributed by atoms with Crippen LogP contribution < -0.4 is 5.32 Å². The lowest BCUT2D eigenvalue weighted by molar-refractivity contribution is -0.120.